The minimum Gasteiger partial charge on any atom is -0.465 e. The Morgan fingerprint density at radius 1 is 1.43 bits per heavy atom. The third kappa shape index (κ3) is 2.48. The maximum atomic E-state index is 13.0. The zero-order chi connectivity index (χ0) is 16.6. The molecular weight excluding hydrogens is 320 g/mol. The number of ether oxygens (including phenoxy) is 2. The molecule has 0 N–H and O–H groups in total. The lowest BCUT2D eigenvalue weighted by atomic mass is 9.62. The average Bonchev–Trinajstić information content (AvgIpc) is 2.54. The number of carbonyl (C=O) groups excluding carboxylic acids is 3. The molecule has 1 fully saturated rings. The molecule has 2 unspecified atom stereocenters. The highest BCUT2D eigenvalue weighted by atomic mass is 35.5. The van der Waals surface area contributed by atoms with Crippen LogP contribution in [0.1, 0.15) is 35.7 Å². The Bertz CT molecular complexity index is 676. The Morgan fingerprint density at radius 2 is 2.22 bits per heavy atom. The number of fused-ring (bicyclic) bond motifs is 2. The number of esters is 1. The van der Waals surface area contributed by atoms with Gasteiger partial charge in [-0.2, -0.15) is 0 Å². The summed E-state index contributed by atoms with van der Waals surface area (Å²) in [6, 6.07) is 4.87. The van der Waals surface area contributed by atoms with Crippen molar-refractivity contribution in [1.29, 1.82) is 0 Å². The van der Waals surface area contributed by atoms with Gasteiger partial charge in [0.05, 0.1) is 18.6 Å². The van der Waals surface area contributed by atoms with Crippen molar-refractivity contribution in [2.75, 3.05) is 19.8 Å². The Labute approximate surface area is 138 Å². The van der Waals surface area contributed by atoms with Crippen LogP contribution in [0.15, 0.2) is 18.2 Å². The third-order valence-electron chi connectivity index (χ3n) is 4.52. The van der Waals surface area contributed by atoms with E-state index in [1.807, 2.05) is 0 Å². The number of rotatable bonds is 2. The maximum absolute atomic E-state index is 13.0. The number of ketones is 2. The molecule has 1 spiro atoms. The molecule has 0 saturated carbocycles. The second kappa shape index (κ2) is 6.06. The highest BCUT2D eigenvalue weighted by Gasteiger charge is 2.55. The van der Waals surface area contributed by atoms with Gasteiger partial charge in [0.2, 0.25) is 0 Å². The zero-order valence-corrected chi connectivity index (χ0v) is 13.5. The first-order valence-electron chi connectivity index (χ1n) is 7.64. The van der Waals surface area contributed by atoms with Crippen LogP contribution >= 0.6 is 11.6 Å². The first kappa shape index (κ1) is 16.1. The molecule has 0 aromatic heterocycles. The summed E-state index contributed by atoms with van der Waals surface area (Å²) in [4.78, 5) is 37.9. The van der Waals surface area contributed by atoms with Crippen LogP contribution in [-0.2, 0) is 24.5 Å². The Balaban J connectivity index is 2.17. The van der Waals surface area contributed by atoms with Gasteiger partial charge in [-0.25, -0.2) is 0 Å². The van der Waals surface area contributed by atoms with Crippen molar-refractivity contribution in [2.45, 2.75) is 25.2 Å². The summed E-state index contributed by atoms with van der Waals surface area (Å²) in [6.45, 7) is 2.49. The molecule has 0 radical (unpaired) electrons. The van der Waals surface area contributed by atoms with Gasteiger partial charge >= 0.3 is 5.97 Å². The van der Waals surface area contributed by atoms with Crippen LogP contribution in [0, 0.1) is 5.92 Å². The van der Waals surface area contributed by atoms with E-state index in [9.17, 15) is 14.4 Å². The highest BCUT2D eigenvalue weighted by Crippen LogP contribution is 2.43. The molecule has 2 atom stereocenters. The van der Waals surface area contributed by atoms with E-state index in [1.165, 1.54) is 6.07 Å². The van der Waals surface area contributed by atoms with Crippen molar-refractivity contribution in [3.63, 3.8) is 0 Å². The molecule has 1 aromatic rings. The first-order chi connectivity index (χ1) is 11.0. The smallest absolute Gasteiger partial charge is 0.324 e. The number of halogens is 1. The van der Waals surface area contributed by atoms with E-state index < -0.39 is 28.9 Å². The summed E-state index contributed by atoms with van der Waals surface area (Å²) in [5.41, 5.74) is -0.0402. The van der Waals surface area contributed by atoms with Crippen molar-refractivity contribution in [3.05, 3.63) is 34.3 Å². The molecule has 0 bridgehead atoms. The maximum Gasteiger partial charge on any atom is 0.324 e. The lowest BCUT2D eigenvalue weighted by Gasteiger charge is -2.41. The molecule has 1 heterocycles. The second-order valence-corrected chi connectivity index (χ2v) is 6.28. The molecular formula is C17H17ClO5. The van der Waals surface area contributed by atoms with Gasteiger partial charge in [0.1, 0.15) is 0 Å². The van der Waals surface area contributed by atoms with Gasteiger partial charge in [-0.05, 0) is 37.5 Å². The van der Waals surface area contributed by atoms with Crippen molar-refractivity contribution in [3.8, 4) is 0 Å². The normalized spacial score (nSPS) is 27.0. The van der Waals surface area contributed by atoms with E-state index in [1.54, 1.807) is 19.1 Å². The van der Waals surface area contributed by atoms with Crippen LogP contribution in [0.4, 0.5) is 0 Å². The van der Waals surface area contributed by atoms with Crippen LogP contribution in [0.25, 0.3) is 0 Å². The molecule has 122 valence electrons. The summed E-state index contributed by atoms with van der Waals surface area (Å²) < 4.78 is 10.5. The fraction of sp³-hybridized carbons (Fsp3) is 0.471. The van der Waals surface area contributed by atoms with Gasteiger partial charge in [-0.15, -0.1) is 0 Å². The predicted molar refractivity (Wildman–Crippen MR) is 82.6 cm³/mol. The third-order valence-corrected chi connectivity index (χ3v) is 4.76. The van der Waals surface area contributed by atoms with E-state index in [0.29, 0.717) is 35.6 Å². The number of benzene rings is 1. The average molecular weight is 337 g/mol. The summed E-state index contributed by atoms with van der Waals surface area (Å²) in [5.74, 6) is -3.18. The Morgan fingerprint density at radius 3 is 2.87 bits per heavy atom. The predicted octanol–water partition coefficient (Wildman–Crippen LogP) is 2.33. The molecule has 1 aliphatic heterocycles. The number of carbonyl (C=O) groups is 3. The fourth-order valence-corrected chi connectivity index (χ4v) is 3.63. The van der Waals surface area contributed by atoms with Crippen molar-refractivity contribution < 1.29 is 23.9 Å². The monoisotopic (exact) mass is 336 g/mol. The Hall–Kier alpha value is -1.72. The van der Waals surface area contributed by atoms with Crippen LogP contribution in [-0.4, -0.2) is 37.4 Å². The van der Waals surface area contributed by atoms with Gasteiger partial charge in [-0.1, -0.05) is 17.7 Å². The second-order valence-electron chi connectivity index (χ2n) is 5.84. The summed E-state index contributed by atoms with van der Waals surface area (Å²) in [6.07, 6.45) is 1.24. The summed E-state index contributed by atoms with van der Waals surface area (Å²) in [7, 11) is 0. The molecule has 1 aromatic carbocycles. The molecule has 1 saturated heterocycles. The van der Waals surface area contributed by atoms with Gasteiger partial charge in [0.25, 0.3) is 0 Å². The largest absolute Gasteiger partial charge is 0.465 e. The van der Waals surface area contributed by atoms with E-state index in [2.05, 4.69) is 0 Å². The molecule has 3 rings (SSSR count). The fourth-order valence-electron chi connectivity index (χ4n) is 3.46. The molecule has 0 amide bonds. The lowest BCUT2D eigenvalue weighted by molar-refractivity contribution is -0.152. The number of hydrogen-bond donors (Lipinski definition) is 0. The van der Waals surface area contributed by atoms with E-state index in [0.717, 1.165) is 0 Å². The lowest BCUT2D eigenvalue weighted by Crippen LogP contribution is -2.54. The van der Waals surface area contributed by atoms with Crippen molar-refractivity contribution >= 4 is 29.1 Å². The molecule has 23 heavy (non-hydrogen) atoms. The number of Topliss-reactive ketones (excluding diaryl/α,β-unsaturated/α-hetero) is 2. The highest BCUT2D eigenvalue weighted by molar-refractivity contribution is 6.32. The summed E-state index contributed by atoms with van der Waals surface area (Å²) >= 11 is 6.01. The van der Waals surface area contributed by atoms with E-state index in [-0.39, 0.29) is 13.2 Å². The Kier molecular flexibility index (Phi) is 4.25. The summed E-state index contributed by atoms with van der Waals surface area (Å²) in [5, 5.41) is 0.390. The van der Waals surface area contributed by atoms with Crippen LogP contribution in [0.5, 0.6) is 0 Å². The standard InChI is InChI=1S/C17H17ClO5/c1-2-23-16(21)13-14(19)11-8-10(18)4-5-12(11)17(15(13)20)6-3-7-22-9-17/h4-5,8,13H,2-3,6-7,9H2,1H3. The molecule has 1 aliphatic carbocycles. The number of hydrogen-bond acceptors (Lipinski definition) is 5. The van der Waals surface area contributed by atoms with E-state index >= 15 is 0 Å². The van der Waals surface area contributed by atoms with Crippen molar-refractivity contribution in [1.82, 2.24) is 0 Å². The van der Waals surface area contributed by atoms with Crippen LogP contribution in [0.2, 0.25) is 5.02 Å². The quantitative estimate of drug-likeness (QED) is 0.612. The minimum atomic E-state index is -1.43. The van der Waals surface area contributed by atoms with Crippen molar-refractivity contribution in [2.24, 2.45) is 5.92 Å². The van der Waals surface area contributed by atoms with Gasteiger partial charge in [0, 0.05) is 17.2 Å². The molecule has 2 aliphatic rings. The SMILES string of the molecule is CCOC(=O)C1C(=O)c2cc(Cl)ccc2C2(CCCOC2)C1=O. The van der Waals surface area contributed by atoms with Gasteiger partial charge in [0.15, 0.2) is 17.5 Å². The molecule has 6 heteroatoms. The van der Waals surface area contributed by atoms with Gasteiger partial charge in [-0.3, -0.25) is 14.4 Å². The first-order valence-corrected chi connectivity index (χ1v) is 8.02. The minimum absolute atomic E-state index is 0.113. The van der Waals surface area contributed by atoms with Crippen LogP contribution < -0.4 is 0 Å². The topological polar surface area (TPSA) is 69.7 Å². The van der Waals surface area contributed by atoms with E-state index in [4.69, 9.17) is 21.1 Å². The van der Waals surface area contributed by atoms with Gasteiger partial charge < -0.3 is 9.47 Å². The zero-order valence-electron chi connectivity index (χ0n) is 12.8. The molecule has 5 nitrogen and oxygen atoms in total. The van der Waals surface area contributed by atoms with Crippen LogP contribution in [0.3, 0.4) is 0 Å².